The van der Waals surface area contributed by atoms with Gasteiger partial charge in [-0.3, -0.25) is 20.4 Å². The molecule has 0 aliphatic carbocycles. The van der Waals surface area contributed by atoms with E-state index in [9.17, 15) is 9.59 Å². The molecular weight excluding hydrogens is 208 g/mol. The van der Waals surface area contributed by atoms with Crippen molar-refractivity contribution in [2.75, 3.05) is 11.2 Å². The van der Waals surface area contributed by atoms with Crippen molar-refractivity contribution in [3.63, 3.8) is 0 Å². The van der Waals surface area contributed by atoms with Crippen LogP contribution < -0.4 is 10.6 Å². The number of rotatable bonds is 2. The lowest BCUT2D eigenvalue weighted by Gasteiger charge is -2.02. The second kappa shape index (κ2) is 5.13. The number of alkyl halides is 1. The lowest BCUT2D eigenvalue weighted by molar-refractivity contribution is -0.117. The molecule has 14 heavy (non-hydrogen) atoms. The van der Waals surface area contributed by atoms with Crippen LogP contribution in [0.1, 0.15) is 0 Å². The third-order valence-corrected chi connectivity index (χ3v) is 1.42. The number of nitrogens with zero attached hydrogens (tertiary/aromatic N) is 2. The lowest BCUT2D eigenvalue weighted by Crippen LogP contribution is -2.35. The Morgan fingerprint density at radius 2 is 2.21 bits per heavy atom. The van der Waals surface area contributed by atoms with Crippen molar-refractivity contribution < 1.29 is 9.59 Å². The minimum Gasteiger partial charge on any atom is -0.291 e. The highest BCUT2D eigenvalue weighted by Gasteiger charge is 2.06. The van der Waals surface area contributed by atoms with E-state index in [2.05, 4.69) is 15.3 Å². The van der Waals surface area contributed by atoms with E-state index in [1.807, 2.05) is 5.32 Å². The molecule has 1 rings (SSSR count). The molecule has 0 atom stereocenters. The molecule has 1 aromatic rings. The summed E-state index contributed by atoms with van der Waals surface area (Å²) in [5.74, 6) is -0.589. The summed E-state index contributed by atoms with van der Waals surface area (Å²) in [6, 6.07) is -0.684. The van der Waals surface area contributed by atoms with Crippen LogP contribution >= 0.6 is 11.6 Å². The topological polar surface area (TPSA) is 84.0 Å². The van der Waals surface area contributed by atoms with E-state index in [1.54, 1.807) is 0 Å². The van der Waals surface area contributed by atoms with Crippen molar-refractivity contribution in [1.82, 2.24) is 15.3 Å². The summed E-state index contributed by atoms with van der Waals surface area (Å²) in [5, 5.41) is 4.29. The van der Waals surface area contributed by atoms with E-state index in [0.29, 0.717) is 0 Å². The van der Waals surface area contributed by atoms with Gasteiger partial charge in [-0.2, -0.15) is 0 Å². The molecule has 0 spiro atoms. The monoisotopic (exact) mass is 214 g/mol. The number of hydrogen-bond acceptors (Lipinski definition) is 4. The molecule has 0 unspecified atom stereocenters. The summed E-state index contributed by atoms with van der Waals surface area (Å²) in [6.07, 6.45) is 4.23. The molecule has 1 aromatic heterocycles. The maximum absolute atomic E-state index is 11.0. The number of nitrogens with one attached hydrogen (secondary N) is 2. The first-order chi connectivity index (χ1) is 6.72. The first-order valence-electron chi connectivity index (χ1n) is 3.65. The minimum atomic E-state index is -0.684. The van der Waals surface area contributed by atoms with Gasteiger partial charge in [-0.15, -0.1) is 11.6 Å². The third kappa shape index (κ3) is 3.36. The van der Waals surface area contributed by atoms with Gasteiger partial charge in [0.2, 0.25) is 5.91 Å². The minimum absolute atomic E-state index is 0.257. The summed E-state index contributed by atoms with van der Waals surface area (Å²) in [7, 11) is 0. The summed E-state index contributed by atoms with van der Waals surface area (Å²) in [4.78, 5) is 29.2. The highest BCUT2D eigenvalue weighted by atomic mass is 35.5. The van der Waals surface area contributed by atoms with E-state index in [4.69, 9.17) is 11.6 Å². The predicted molar refractivity (Wildman–Crippen MR) is 49.9 cm³/mol. The Kier molecular flexibility index (Phi) is 3.81. The number of carbonyl (C=O) groups is 2. The number of hydrogen-bond donors (Lipinski definition) is 2. The van der Waals surface area contributed by atoms with Crippen LogP contribution in [0.25, 0.3) is 0 Å². The summed E-state index contributed by atoms with van der Waals surface area (Å²) in [5.41, 5.74) is 0. The van der Waals surface area contributed by atoms with E-state index >= 15 is 0 Å². The standard InChI is InChI=1S/C7H7ClN4O2/c8-3-6(13)12-7(14)11-5-4-9-1-2-10-5/h1-2,4H,3H2,(H2,10,11,12,13,14). The Hall–Kier alpha value is -1.69. The van der Waals surface area contributed by atoms with E-state index in [0.717, 1.165) is 0 Å². The fraction of sp³-hybridized carbons (Fsp3) is 0.143. The first-order valence-corrected chi connectivity index (χ1v) is 4.18. The average Bonchev–Trinajstić information content (AvgIpc) is 2.19. The van der Waals surface area contributed by atoms with Crippen LogP contribution in [0.5, 0.6) is 0 Å². The van der Waals surface area contributed by atoms with Gasteiger partial charge in [0.05, 0.1) is 6.20 Å². The van der Waals surface area contributed by atoms with Crippen LogP contribution in [0.3, 0.4) is 0 Å². The van der Waals surface area contributed by atoms with E-state index < -0.39 is 11.9 Å². The summed E-state index contributed by atoms with van der Waals surface area (Å²) < 4.78 is 0. The number of halogens is 1. The predicted octanol–water partition coefficient (Wildman–Crippen LogP) is 0.364. The highest BCUT2D eigenvalue weighted by molar-refractivity contribution is 6.28. The molecule has 1 heterocycles. The molecule has 7 heteroatoms. The number of amides is 3. The van der Waals surface area contributed by atoms with Crippen molar-refractivity contribution in [3.05, 3.63) is 18.6 Å². The molecule has 0 radical (unpaired) electrons. The zero-order valence-corrected chi connectivity index (χ0v) is 7.78. The molecule has 0 saturated carbocycles. The molecule has 0 saturated heterocycles. The molecule has 0 bridgehead atoms. The number of aromatic nitrogens is 2. The van der Waals surface area contributed by atoms with Crippen LogP contribution in [0.4, 0.5) is 10.6 Å². The van der Waals surface area contributed by atoms with Crippen molar-refractivity contribution >= 4 is 29.4 Å². The van der Waals surface area contributed by atoms with Crippen molar-refractivity contribution in [2.24, 2.45) is 0 Å². The van der Waals surface area contributed by atoms with Gasteiger partial charge in [0, 0.05) is 12.4 Å². The number of anilines is 1. The third-order valence-electron chi connectivity index (χ3n) is 1.18. The van der Waals surface area contributed by atoms with Gasteiger partial charge in [-0.05, 0) is 0 Å². The molecule has 0 aromatic carbocycles. The average molecular weight is 215 g/mol. The quantitative estimate of drug-likeness (QED) is 0.697. The SMILES string of the molecule is O=C(CCl)NC(=O)Nc1cnccn1. The summed E-state index contributed by atoms with van der Waals surface area (Å²) in [6.45, 7) is 0. The Bertz CT molecular complexity index is 330. The van der Waals surface area contributed by atoms with E-state index in [1.165, 1.54) is 18.6 Å². The van der Waals surface area contributed by atoms with Crippen molar-refractivity contribution in [2.45, 2.75) is 0 Å². The van der Waals surface area contributed by atoms with Gasteiger partial charge in [0.25, 0.3) is 0 Å². The number of imide groups is 1. The van der Waals surface area contributed by atoms with Crippen LogP contribution in [0.15, 0.2) is 18.6 Å². The van der Waals surface area contributed by atoms with Gasteiger partial charge in [-0.25, -0.2) is 9.78 Å². The second-order valence-electron chi connectivity index (χ2n) is 2.23. The smallest absolute Gasteiger partial charge is 0.291 e. The van der Waals surface area contributed by atoms with Crippen LogP contribution in [0, 0.1) is 0 Å². The zero-order valence-electron chi connectivity index (χ0n) is 7.03. The molecule has 0 aliphatic rings. The Labute approximate surface area is 84.7 Å². The molecule has 3 amide bonds. The second-order valence-corrected chi connectivity index (χ2v) is 2.49. The first kappa shape index (κ1) is 10.4. The zero-order chi connectivity index (χ0) is 10.4. The largest absolute Gasteiger partial charge is 0.327 e. The normalized spacial score (nSPS) is 9.21. The maximum Gasteiger partial charge on any atom is 0.327 e. The molecule has 2 N–H and O–H groups in total. The maximum atomic E-state index is 11.0. The number of urea groups is 1. The van der Waals surface area contributed by atoms with Crippen LogP contribution in [0.2, 0.25) is 0 Å². The lowest BCUT2D eigenvalue weighted by atomic mass is 10.6. The van der Waals surface area contributed by atoms with Gasteiger partial charge >= 0.3 is 6.03 Å². The molecule has 6 nitrogen and oxygen atoms in total. The Morgan fingerprint density at radius 3 is 2.79 bits per heavy atom. The highest BCUT2D eigenvalue weighted by Crippen LogP contribution is 1.95. The van der Waals surface area contributed by atoms with Crippen LogP contribution in [-0.4, -0.2) is 27.8 Å². The van der Waals surface area contributed by atoms with Gasteiger partial charge in [0.15, 0.2) is 5.82 Å². The van der Waals surface area contributed by atoms with Crippen molar-refractivity contribution in [1.29, 1.82) is 0 Å². The fourth-order valence-electron chi connectivity index (χ4n) is 0.671. The molecular formula is C7H7ClN4O2. The van der Waals surface area contributed by atoms with Crippen LogP contribution in [-0.2, 0) is 4.79 Å². The van der Waals surface area contributed by atoms with Gasteiger partial charge < -0.3 is 0 Å². The Balaban J connectivity index is 2.46. The molecule has 0 aliphatic heterocycles. The van der Waals surface area contributed by atoms with E-state index in [-0.39, 0.29) is 11.7 Å². The molecule has 74 valence electrons. The van der Waals surface area contributed by atoms with Crippen molar-refractivity contribution in [3.8, 4) is 0 Å². The fourth-order valence-corrected chi connectivity index (χ4v) is 0.738. The van der Waals surface area contributed by atoms with Gasteiger partial charge in [-0.1, -0.05) is 0 Å². The molecule has 0 fully saturated rings. The Morgan fingerprint density at radius 1 is 1.43 bits per heavy atom. The summed E-state index contributed by atoms with van der Waals surface area (Å²) >= 11 is 5.18. The van der Waals surface area contributed by atoms with Gasteiger partial charge in [0.1, 0.15) is 5.88 Å². The number of carbonyl (C=O) groups excluding carboxylic acids is 2.